The SMILES string of the molecule is CN=C(C)[C@@]1(C)N[C@H]1C. The summed E-state index contributed by atoms with van der Waals surface area (Å²) in [5.41, 5.74) is 1.42. The van der Waals surface area contributed by atoms with Crippen molar-refractivity contribution in [2.45, 2.75) is 32.4 Å². The molecule has 1 aliphatic heterocycles. The maximum atomic E-state index is 4.13. The molecule has 2 atom stereocenters. The van der Waals surface area contributed by atoms with Crippen LogP contribution in [0.5, 0.6) is 0 Å². The predicted octanol–water partition coefficient (Wildman–Crippen LogP) is 0.828. The third-order valence-corrected chi connectivity index (χ3v) is 2.39. The molecule has 1 rings (SSSR count). The lowest BCUT2D eigenvalue weighted by molar-refractivity contribution is 0.890. The summed E-state index contributed by atoms with van der Waals surface area (Å²) in [6.07, 6.45) is 0. The summed E-state index contributed by atoms with van der Waals surface area (Å²) in [6.45, 7) is 6.42. The van der Waals surface area contributed by atoms with E-state index in [-0.39, 0.29) is 5.54 Å². The standard InChI is InChI=1S/C7H14N2/c1-5(8-4)7(3)6(2)9-7/h6,9H,1-4H3/t6-,7+/m0/s1. The summed E-state index contributed by atoms with van der Waals surface area (Å²) in [6, 6.07) is 0.612. The van der Waals surface area contributed by atoms with E-state index in [4.69, 9.17) is 0 Å². The fourth-order valence-corrected chi connectivity index (χ4v) is 1.06. The summed E-state index contributed by atoms with van der Waals surface area (Å²) >= 11 is 0. The van der Waals surface area contributed by atoms with E-state index in [9.17, 15) is 0 Å². The number of nitrogens with zero attached hydrogens (tertiary/aromatic N) is 1. The fourth-order valence-electron chi connectivity index (χ4n) is 1.06. The topological polar surface area (TPSA) is 34.3 Å². The molecule has 1 heterocycles. The van der Waals surface area contributed by atoms with Crippen LogP contribution in [-0.4, -0.2) is 24.3 Å². The van der Waals surface area contributed by atoms with Crippen molar-refractivity contribution in [1.82, 2.24) is 5.32 Å². The lowest BCUT2D eigenvalue weighted by Crippen LogP contribution is -2.21. The molecule has 0 aromatic carbocycles. The molecule has 2 nitrogen and oxygen atoms in total. The van der Waals surface area contributed by atoms with Crippen molar-refractivity contribution in [2.24, 2.45) is 4.99 Å². The Hall–Kier alpha value is -0.370. The Morgan fingerprint density at radius 1 is 1.67 bits per heavy atom. The van der Waals surface area contributed by atoms with Gasteiger partial charge in [0.2, 0.25) is 0 Å². The maximum Gasteiger partial charge on any atom is 0.0688 e. The third-order valence-electron chi connectivity index (χ3n) is 2.39. The van der Waals surface area contributed by atoms with Gasteiger partial charge in [0.15, 0.2) is 0 Å². The van der Waals surface area contributed by atoms with Crippen molar-refractivity contribution >= 4 is 5.71 Å². The summed E-state index contributed by atoms with van der Waals surface area (Å²) in [5, 5.41) is 3.33. The summed E-state index contributed by atoms with van der Waals surface area (Å²) in [7, 11) is 1.84. The minimum absolute atomic E-state index is 0.217. The van der Waals surface area contributed by atoms with Crippen molar-refractivity contribution in [3.8, 4) is 0 Å². The van der Waals surface area contributed by atoms with Crippen molar-refractivity contribution < 1.29 is 0 Å². The Morgan fingerprint density at radius 2 is 2.11 bits per heavy atom. The molecular formula is C7H14N2. The Kier molecular flexibility index (Phi) is 1.35. The van der Waals surface area contributed by atoms with Gasteiger partial charge in [-0.05, 0) is 20.8 Å². The van der Waals surface area contributed by atoms with E-state index in [1.807, 2.05) is 7.05 Å². The number of rotatable bonds is 1. The van der Waals surface area contributed by atoms with Crippen LogP contribution < -0.4 is 5.32 Å². The van der Waals surface area contributed by atoms with E-state index in [1.54, 1.807) is 0 Å². The van der Waals surface area contributed by atoms with Gasteiger partial charge >= 0.3 is 0 Å². The summed E-state index contributed by atoms with van der Waals surface area (Å²) < 4.78 is 0. The number of aliphatic imine (C=N–C) groups is 1. The van der Waals surface area contributed by atoms with E-state index in [0.717, 1.165) is 0 Å². The molecule has 0 spiro atoms. The monoisotopic (exact) mass is 126 g/mol. The predicted molar refractivity (Wildman–Crippen MR) is 40.0 cm³/mol. The second-order valence-corrected chi connectivity index (χ2v) is 2.88. The lowest BCUT2D eigenvalue weighted by Gasteiger charge is -2.04. The molecule has 2 heteroatoms. The second kappa shape index (κ2) is 1.81. The lowest BCUT2D eigenvalue weighted by atomic mass is 10.0. The average Bonchev–Trinajstić information content (AvgIpc) is 2.41. The Labute approximate surface area is 56.4 Å². The molecule has 1 fully saturated rings. The first-order chi connectivity index (χ1) is 4.11. The van der Waals surface area contributed by atoms with Gasteiger partial charge in [0.1, 0.15) is 0 Å². The van der Waals surface area contributed by atoms with Crippen LogP contribution in [-0.2, 0) is 0 Å². The zero-order chi connectivity index (χ0) is 7.07. The summed E-state index contributed by atoms with van der Waals surface area (Å²) in [5.74, 6) is 0. The molecule has 1 N–H and O–H groups in total. The Morgan fingerprint density at radius 3 is 2.22 bits per heavy atom. The molecule has 1 saturated heterocycles. The van der Waals surface area contributed by atoms with Gasteiger partial charge in [0.25, 0.3) is 0 Å². The minimum atomic E-state index is 0.217. The van der Waals surface area contributed by atoms with E-state index < -0.39 is 0 Å². The first-order valence-corrected chi connectivity index (χ1v) is 3.33. The molecule has 0 radical (unpaired) electrons. The maximum absolute atomic E-state index is 4.13. The van der Waals surface area contributed by atoms with Crippen molar-refractivity contribution in [1.29, 1.82) is 0 Å². The van der Waals surface area contributed by atoms with Gasteiger partial charge in [-0.1, -0.05) is 0 Å². The molecule has 0 aliphatic carbocycles. The Balaban J connectivity index is 2.64. The fraction of sp³-hybridized carbons (Fsp3) is 0.857. The van der Waals surface area contributed by atoms with Crippen LogP contribution in [0.3, 0.4) is 0 Å². The molecule has 0 saturated carbocycles. The number of hydrogen-bond acceptors (Lipinski definition) is 2. The largest absolute Gasteiger partial charge is 0.301 e. The van der Waals surface area contributed by atoms with Crippen LogP contribution in [0.15, 0.2) is 4.99 Å². The van der Waals surface area contributed by atoms with E-state index >= 15 is 0 Å². The van der Waals surface area contributed by atoms with Gasteiger partial charge in [-0.25, -0.2) is 0 Å². The highest BCUT2D eigenvalue weighted by molar-refractivity contribution is 5.94. The molecule has 0 aromatic heterocycles. The normalized spacial score (nSPS) is 43.1. The van der Waals surface area contributed by atoms with Crippen molar-refractivity contribution in [3.63, 3.8) is 0 Å². The van der Waals surface area contributed by atoms with Gasteiger partial charge in [-0.15, -0.1) is 0 Å². The van der Waals surface area contributed by atoms with Crippen LogP contribution in [0.25, 0.3) is 0 Å². The minimum Gasteiger partial charge on any atom is -0.301 e. The van der Waals surface area contributed by atoms with E-state index in [2.05, 4.69) is 31.1 Å². The van der Waals surface area contributed by atoms with E-state index in [0.29, 0.717) is 6.04 Å². The highest BCUT2D eigenvalue weighted by atomic mass is 15.2. The molecule has 1 aliphatic rings. The zero-order valence-electron chi connectivity index (χ0n) is 6.52. The zero-order valence-corrected chi connectivity index (χ0v) is 6.52. The first kappa shape index (κ1) is 6.75. The van der Waals surface area contributed by atoms with Gasteiger partial charge in [-0.3, -0.25) is 4.99 Å². The van der Waals surface area contributed by atoms with Gasteiger partial charge in [0.05, 0.1) is 5.54 Å². The van der Waals surface area contributed by atoms with Gasteiger partial charge in [-0.2, -0.15) is 0 Å². The van der Waals surface area contributed by atoms with Crippen LogP contribution in [0.1, 0.15) is 20.8 Å². The average molecular weight is 126 g/mol. The van der Waals surface area contributed by atoms with Crippen molar-refractivity contribution in [2.75, 3.05) is 7.05 Å². The van der Waals surface area contributed by atoms with Crippen LogP contribution in [0, 0.1) is 0 Å². The third kappa shape index (κ3) is 0.874. The van der Waals surface area contributed by atoms with E-state index in [1.165, 1.54) is 5.71 Å². The second-order valence-electron chi connectivity index (χ2n) is 2.88. The summed E-state index contributed by atoms with van der Waals surface area (Å²) in [4.78, 5) is 4.13. The molecule has 0 aromatic rings. The smallest absolute Gasteiger partial charge is 0.0688 e. The van der Waals surface area contributed by atoms with Crippen molar-refractivity contribution in [3.05, 3.63) is 0 Å². The Bertz CT molecular complexity index is 151. The van der Waals surface area contributed by atoms with Gasteiger partial charge < -0.3 is 5.32 Å². The first-order valence-electron chi connectivity index (χ1n) is 3.33. The highest BCUT2D eigenvalue weighted by Gasteiger charge is 2.47. The molecule has 0 bridgehead atoms. The van der Waals surface area contributed by atoms with Crippen LogP contribution in [0.2, 0.25) is 0 Å². The van der Waals surface area contributed by atoms with Gasteiger partial charge in [0, 0.05) is 18.8 Å². The molecule has 9 heavy (non-hydrogen) atoms. The van der Waals surface area contributed by atoms with Crippen LogP contribution in [0.4, 0.5) is 0 Å². The number of hydrogen-bond donors (Lipinski definition) is 1. The number of nitrogens with one attached hydrogen (secondary N) is 1. The molecule has 0 unspecified atom stereocenters. The molecular weight excluding hydrogens is 112 g/mol. The quantitative estimate of drug-likeness (QED) is 0.410. The van der Waals surface area contributed by atoms with Crippen LogP contribution >= 0.6 is 0 Å². The highest BCUT2D eigenvalue weighted by Crippen LogP contribution is 2.26. The molecule has 52 valence electrons. The molecule has 0 amide bonds.